The molecule has 0 saturated heterocycles. The summed E-state index contributed by atoms with van der Waals surface area (Å²) in [6.07, 6.45) is 1.58. The standard InChI is InChI=1S/C21H24N4O/c1-14(2)17-7-10-18(11-8-17)25-13-22-20(23-25)21(26)24(5)19-9-6-15(3)16(4)12-19/h6-14H,1-5H3. The van der Waals surface area contributed by atoms with E-state index in [9.17, 15) is 4.79 Å². The number of hydrogen-bond acceptors (Lipinski definition) is 3. The van der Waals surface area contributed by atoms with E-state index < -0.39 is 0 Å². The first-order valence-corrected chi connectivity index (χ1v) is 8.74. The molecular formula is C21H24N4O. The molecule has 0 N–H and O–H groups in total. The molecule has 0 spiro atoms. The number of aryl methyl sites for hydroxylation is 2. The predicted octanol–water partition coefficient (Wildman–Crippen LogP) is 4.28. The summed E-state index contributed by atoms with van der Waals surface area (Å²) in [5, 5.41) is 4.36. The van der Waals surface area contributed by atoms with Gasteiger partial charge in [-0.25, -0.2) is 9.67 Å². The third-order valence-electron chi connectivity index (χ3n) is 4.69. The van der Waals surface area contributed by atoms with Crippen molar-refractivity contribution >= 4 is 11.6 Å². The van der Waals surface area contributed by atoms with Crippen molar-refractivity contribution in [2.75, 3.05) is 11.9 Å². The Balaban J connectivity index is 1.82. The number of carbonyl (C=O) groups excluding carboxylic acids is 1. The summed E-state index contributed by atoms with van der Waals surface area (Å²) in [5.41, 5.74) is 5.32. The minimum Gasteiger partial charge on any atom is -0.309 e. The fourth-order valence-corrected chi connectivity index (χ4v) is 2.70. The molecule has 0 fully saturated rings. The molecule has 0 unspecified atom stereocenters. The zero-order valence-electron chi connectivity index (χ0n) is 15.9. The van der Waals surface area contributed by atoms with E-state index in [0.717, 1.165) is 16.9 Å². The molecule has 0 aliphatic carbocycles. The van der Waals surface area contributed by atoms with E-state index in [1.54, 1.807) is 23.0 Å². The molecule has 1 heterocycles. The summed E-state index contributed by atoms with van der Waals surface area (Å²) >= 11 is 0. The molecule has 0 saturated carbocycles. The number of nitrogens with zero attached hydrogens (tertiary/aromatic N) is 4. The van der Waals surface area contributed by atoms with Gasteiger partial charge < -0.3 is 4.90 Å². The molecule has 26 heavy (non-hydrogen) atoms. The van der Waals surface area contributed by atoms with Crippen molar-refractivity contribution in [2.24, 2.45) is 0 Å². The highest BCUT2D eigenvalue weighted by molar-refractivity contribution is 6.03. The average molecular weight is 348 g/mol. The van der Waals surface area contributed by atoms with Crippen molar-refractivity contribution in [3.05, 3.63) is 71.3 Å². The van der Waals surface area contributed by atoms with Crippen molar-refractivity contribution < 1.29 is 4.79 Å². The Kier molecular flexibility index (Phi) is 4.89. The fourth-order valence-electron chi connectivity index (χ4n) is 2.70. The Morgan fingerprint density at radius 2 is 1.73 bits per heavy atom. The first-order chi connectivity index (χ1) is 12.4. The van der Waals surface area contributed by atoms with Gasteiger partial charge in [0.15, 0.2) is 0 Å². The number of aromatic nitrogens is 3. The summed E-state index contributed by atoms with van der Waals surface area (Å²) in [5.74, 6) is 0.424. The van der Waals surface area contributed by atoms with Gasteiger partial charge in [-0.3, -0.25) is 4.79 Å². The number of anilines is 1. The zero-order valence-corrected chi connectivity index (χ0v) is 15.9. The minimum atomic E-state index is -0.231. The average Bonchev–Trinajstić information content (AvgIpc) is 3.13. The molecule has 3 aromatic rings. The van der Waals surface area contributed by atoms with Gasteiger partial charge in [0, 0.05) is 12.7 Å². The third-order valence-corrected chi connectivity index (χ3v) is 4.69. The lowest BCUT2D eigenvalue weighted by atomic mass is 10.0. The number of rotatable bonds is 4. The summed E-state index contributed by atoms with van der Waals surface area (Å²) in [6, 6.07) is 14.1. The lowest BCUT2D eigenvalue weighted by Gasteiger charge is -2.16. The molecule has 1 amide bonds. The molecule has 2 aromatic carbocycles. The summed E-state index contributed by atoms with van der Waals surface area (Å²) < 4.78 is 1.63. The van der Waals surface area contributed by atoms with Crippen LogP contribution in [0.3, 0.4) is 0 Å². The van der Waals surface area contributed by atoms with Gasteiger partial charge in [-0.1, -0.05) is 32.0 Å². The smallest absolute Gasteiger partial charge is 0.297 e. The highest BCUT2D eigenvalue weighted by Gasteiger charge is 2.18. The molecule has 3 rings (SSSR count). The normalized spacial score (nSPS) is 11.0. The van der Waals surface area contributed by atoms with Crippen LogP contribution in [-0.4, -0.2) is 27.7 Å². The highest BCUT2D eigenvalue weighted by Crippen LogP contribution is 2.19. The van der Waals surface area contributed by atoms with Gasteiger partial charge in [0.05, 0.1) is 5.69 Å². The monoisotopic (exact) mass is 348 g/mol. The highest BCUT2D eigenvalue weighted by atomic mass is 16.2. The van der Waals surface area contributed by atoms with Crippen molar-refractivity contribution in [3.8, 4) is 5.69 Å². The Labute approximate surface area is 154 Å². The molecule has 0 aliphatic heterocycles. The number of hydrogen-bond donors (Lipinski definition) is 0. The van der Waals surface area contributed by atoms with Crippen molar-refractivity contribution in [1.82, 2.24) is 14.8 Å². The number of amides is 1. The molecule has 0 aliphatic rings. The Morgan fingerprint density at radius 3 is 2.35 bits per heavy atom. The lowest BCUT2D eigenvalue weighted by Crippen LogP contribution is -2.27. The van der Waals surface area contributed by atoms with E-state index in [1.165, 1.54) is 11.1 Å². The molecule has 1 aromatic heterocycles. The van der Waals surface area contributed by atoms with Crippen LogP contribution in [0, 0.1) is 13.8 Å². The molecule has 0 bridgehead atoms. The van der Waals surface area contributed by atoms with Crippen LogP contribution in [0.2, 0.25) is 0 Å². The minimum absolute atomic E-state index is 0.179. The van der Waals surface area contributed by atoms with Gasteiger partial charge in [0.2, 0.25) is 5.82 Å². The fraction of sp³-hybridized carbons (Fsp3) is 0.286. The Hall–Kier alpha value is -2.95. The van der Waals surface area contributed by atoms with E-state index in [0.29, 0.717) is 5.92 Å². The van der Waals surface area contributed by atoms with Gasteiger partial charge in [-0.15, -0.1) is 5.10 Å². The quantitative estimate of drug-likeness (QED) is 0.707. The summed E-state index contributed by atoms with van der Waals surface area (Å²) in [6.45, 7) is 8.40. The maximum atomic E-state index is 12.7. The van der Waals surface area contributed by atoms with Crippen LogP contribution in [0.5, 0.6) is 0 Å². The number of carbonyl (C=O) groups is 1. The predicted molar refractivity (Wildman–Crippen MR) is 104 cm³/mol. The van der Waals surface area contributed by atoms with Crippen molar-refractivity contribution in [1.29, 1.82) is 0 Å². The largest absolute Gasteiger partial charge is 0.309 e. The van der Waals surface area contributed by atoms with E-state index >= 15 is 0 Å². The molecule has 0 radical (unpaired) electrons. The molecule has 5 nitrogen and oxygen atoms in total. The second-order valence-corrected chi connectivity index (χ2v) is 6.89. The van der Waals surface area contributed by atoms with Crippen LogP contribution in [0.25, 0.3) is 5.69 Å². The van der Waals surface area contributed by atoms with Gasteiger partial charge in [0.1, 0.15) is 6.33 Å². The van der Waals surface area contributed by atoms with Crippen LogP contribution >= 0.6 is 0 Å². The molecule has 5 heteroatoms. The Morgan fingerprint density at radius 1 is 1.04 bits per heavy atom. The van der Waals surface area contributed by atoms with E-state index in [-0.39, 0.29) is 11.7 Å². The van der Waals surface area contributed by atoms with Gasteiger partial charge in [-0.05, 0) is 60.7 Å². The van der Waals surface area contributed by atoms with Gasteiger partial charge in [0.25, 0.3) is 5.91 Å². The lowest BCUT2D eigenvalue weighted by molar-refractivity contribution is 0.0983. The summed E-state index contributed by atoms with van der Waals surface area (Å²) in [4.78, 5) is 18.5. The second kappa shape index (κ2) is 7.12. The first-order valence-electron chi connectivity index (χ1n) is 8.74. The second-order valence-electron chi connectivity index (χ2n) is 6.89. The zero-order chi connectivity index (χ0) is 18.8. The van der Waals surface area contributed by atoms with E-state index in [1.807, 2.05) is 37.3 Å². The van der Waals surface area contributed by atoms with Crippen LogP contribution in [-0.2, 0) is 0 Å². The van der Waals surface area contributed by atoms with E-state index in [2.05, 4.69) is 43.0 Å². The van der Waals surface area contributed by atoms with Crippen LogP contribution in [0.4, 0.5) is 5.69 Å². The van der Waals surface area contributed by atoms with Crippen LogP contribution < -0.4 is 4.90 Å². The SMILES string of the molecule is Cc1ccc(N(C)C(=O)c2ncn(-c3ccc(C(C)C)cc3)n2)cc1C. The van der Waals surface area contributed by atoms with E-state index in [4.69, 9.17) is 0 Å². The van der Waals surface area contributed by atoms with Gasteiger partial charge >= 0.3 is 0 Å². The summed E-state index contributed by atoms with van der Waals surface area (Å²) in [7, 11) is 1.74. The topological polar surface area (TPSA) is 51.0 Å². The van der Waals surface area contributed by atoms with Crippen LogP contribution in [0.15, 0.2) is 48.8 Å². The maximum Gasteiger partial charge on any atom is 0.297 e. The maximum absolute atomic E-state index is 12.7. The third kappa shape index (κ3) is 3.52. The molecule has 0 atom stereocenters. The van der Waals surface area contributed by atoms with Crippen LogP contribution in [0.1, 0.15) is 47.1 Å². The van der Waals surface area contributed by atoms with Crippen molar-refractivity contribution in [2.45, 2.75) is 33.6 Å². The molecule has 134 valence electrons. The number of benzene rings is 2. The van der Waals surface area contributed by atoms with Crippen molar-refractivity contribution in [3.63, 3.8) is 0 Å². The molecular weight excluding hydrogens is 324 g/mol. The van der Waals surface area contributed by atoms with Gasteiger partial charge in [-0.2, -0.15) is 0 Å². The first kappa shape index (κ1) is 17.9. The Bertz CT molecular complexity index is 925.